The van der Waals surface area contributed by atoms with Crippen LogP contribution in [0, 0.1) is 0 Å². The molecule has 0 fully saturated rings. The Bertz CT molecular complexity index is 1420. The van der Waals surface area contributed by atoms with Crippen LogP contribution in [0.5, 0.6) is 0 Å². The Morgan fingerprint density at radius 3 is 0.861 bits per heavy atom. The van der Waals surface area contributed by atoms with Crippen molar-refractivity contribution < 1.29 is 59.1 Å². The molecule has 6 aromatic carbocycles. The van der Waals surface area contributed by atoms with Crippen molar-refractivity contribution in [1.82, 2.24) is 9.62 Å². The quantitative estimate of drug-likeness (QED) is 0.230. The Morgan fingerprint density at radius 1 is 0.417 bits per heavy atom. The average Bonchev–Trinajstić information content (AvgIpc) is 3.35. The van der Waals surface area contributed by atoms with Gasteiger partial charge in [-0.3, -0.25) is 0 Å². The molecule has 6 heteroatoms. The molecule has 0 N–H and O–H groups in total. The van der Waals surface area contributed by atoms with E-state index in [-0.39, 0.29) is 72.6 Å². The van der Waals surface area contributed by atoms with Crippen LogP contribution >= 0.6 is 0 Å². The molecule has 0 aliphatic rings. The first-order valence-corrected chi connectivity index (χ1v) is 12.0. The molecule has 0 atom stereocenters. The maximum Gasteiger partial charge on any atom is 1.00 e. The van der Waals surface area contributed by atoms with Gasteiger partial charge >= 0.3 is 59.1 Å². The fraction of sp³-hybridized carbons (Fsp3) is 0.133. The van der Waals surface area contributed by atoms with Crippen LogP contribution in [0.2, 0.25) is 0 Å². The van der Waals surface area contributed by atoms with Crippen molar-refractivity contribution in [3.05, 3.63) is 97.1 Å². The molecule has 0 spiro atoms. The predicted octanol–water partition coefficient (Wildman–Crippen LogP) is -0.956. The fourth-order valence-corrected chi connectivity index (χ4v) is 6.14. The predicted molar refractivity (Wildman–Crippen MR) is 152 cm³/mol. The standard InChI is InChI=1S/C30H28B2N2.2Na/c1-33(2)31(29-25-17-9-5-13-21(25)22-14-6-10-18-26(22)29)32(34(3)4)30-27-19-11-7-15-23(27)24-16-8-12-20-28(24)30;;/h5-20H,1-4H3;;/q-2;2*+1. The van der Waals surface area contributed by atoms with Crippen LogP contribution in [0.1, 0.15) is 0 Å². The van der Waals surface area contributed by atoms with E-state index in [2.05, 4.69) is 135 Å². The Labute approximate surface area is 259 Å². The van der Waals surface area contributed by atoms with Gasteiger partial charge in [-0.25, -0.2) is 0 Å². The normalized spacial score (nSPS) is 11.4. The number of hydrogen-bond acceptors (Lipinski definition) is 2. The Morgan fingerprint density at radius 2 is 0.639 bits per heavy atom. The van der Waals surface area contributed by atoms with Crippen LogP contribution in [0.3, 0.4) is 0 Å². The largest absolute Gasteiger partial charge is 1.00 e. The molecule has 166 valence electrons. The number of nitrogens with zero attached hydrogens (tertiary/aromatic N) is 2. The van der Waals surface area contributed by atoms with Gasteiger partial charge in [-0.05, 0) is 28.2 Å². The summed E-state index contributed by atoms with van der Waals surface area (Å²) in [5.41, 5.74) is 2.84. The second-order valence-corrected chi connectivity index (χ2v) is 9.83. The van der Waals surface area contributed by atoms with Crippen molar-refractivity contribution in [2.45, 2.75) is 0 Å². The summed E-state index contributed by atoms with van der Waals surface area (Å²) in [6.07, 6.45) is 0. The van der Waals surface area contributed by atoms with Crippen LogP contribution in [-0.2, 0) is 0 Å². The monoisotopic (exact) mass is 484 g/mol. The van der Waals surface area contributed by atoms with Gasteiger partial charge in [-0.15, -0.1) is 78.3 Å². The minimum atomic E-state index is 0. The molecule has 0 saturated carbocycles. The molecule has 0 amide bonds. The van der Waals surface area contributed by atoms with E-state index in [4.69, 9.17) is 0 Å². The van der Waals surface area contributed by atoms with E-state index in [1.807, 2.05) is 0 Å². The molecule has 0 aliphatic carbocycles. The van der Waals surface area contributed by atoms with E-state index in [1.54, 1.807) is 0 Å². The van der Waals surface area contributed by atoms with Crippen LogP contribution in [-0.4, -0.2) is 51.3 Å². The molecule has 0 aliphatic heterocycles. The molecular weight excluding hydrogens is 456 g/mol. The van der Waals surface area contributed by atoms with Crippen LogP contribution in [0.4, 0.5) is 0 Å². The maximum atomic E-state index is 2.41. The van der Waals surface area contributed by atoms with Gasteiger partial charge in [0, 0.05) is 0 Å². The van der Waals surface area contributed by atoms with Crippen molar-refractivity contribution in [3.8, 4) is 0 Å². The first kappa shape index (κ1) is 27.7. The van der Waals surface area contributed by atoms with Crippen LogP contribution < -0.4 is 70.0 Å². The molecule has 0 unspecified atom stereocenters. The van der Waals surface area contributed by atoms with E-state index in [9.17, 15) is 0 Å². The summed E-state index contributed by atoms with van der Waals surface area (Å²) in [5.74, 6) is 0. The fourth-order valence-electron chi connectivity index (χ4n) is 6.14. The van der Waals surface area contributed by atoms with E-state index >= 15 is 0 Å². The number of rotatable bonds is 5. The minimum Gasteiger partial charge on any atom is -0.356 e. The zero-order valence-electron chi connectivity index (χ0n) is 22.3. The third-order valence-electron chi connectivity index (χ3n) is 7.45. The summed E-state index contributed by atoms with van der Waals surface area (Å²) in [4.78, 5) is 4.82. The topological polar surface area (TPSA) is 6.48 Å². The molecule has 0 aromatic heterocycles. The first-order valence-electron chi connectivity index (χ1n) is 12.0. The van der Waals surface area contributed by atoms with Gasteiger partial charge in [0.05, 0.1) is 0 Å². The van der Waals surface area contributed by atoms with Crippen LogP contribution in [0.15, 0.2) is 97.1 Å². The zero-order chi connectivity index (χ0) is 23.4. The molecular formula is C30H28B2N2Na2. The molecule has 2 nitrogen and oxygen atoms in total. The summed E-state index contributed by atoms with van der Waals surface area (Å²) in [6.45, 7) is 0.350. The smallest absolute Gasteiger partial charge is 0.356 e. The molecule has 0 heterocycles. The zero-order valence-corrected chi connectivity index (χ0v) is 26.3. The molecule has 0 radical (unpaired) electrons. The van der Waals surface area contributed by atoms with E-state index < -0.39 is 0 Å². The van der Waals surface area contributed by atoms with Crippen molar-refractivity contribution in [1.29, 1.82) is 0 Å². The van der Waals surface area contributed by atoms with Crippen molar-refractivity contribution >= 4 is 67.5 Å². The second-order valence-electron chi connectivity index (χ2n) is 9.83. The SMILES string of the molecule is CN(C)B(B([c-]1c2ccccc2c2ccccc21)N(C)C)[c-]1c2ccccc2c2ccccc21.[Na+].[Na+]. The molecule has 0 bridgehead atoms. The summed E-state index contributed by atoms with van der Waals surface area (Å²) in [5, 5.41) is 10.8. The van der Waals surface area contributed by atoms with Crippen molar-refractivity contribution in [2.24, 2.45) is 0 Å². The Kier molecular flexibility index (Phi) is 8.61. The van der Waals surface area contributed by atoms with Gasteiger partial charge in [0.1, 0.15) is 0 Å². The average molecular weight is 484 g/mol. The van der Waals surface area contributed by atoms with Gasteiger partial charge in [0.2, 0.25) is 0 Å². The number of benzene rings is 4. The number of hydrogen-bond donors (Lipinski definition) is 0. The van der Waals surface area contributed by atoms with Gasteiger partial charge in [0.25, 0.3) is 0 Å². The van der Waals surface area contributed by atoms with Crippen LogP contribution in [0.25, 0.3) is 43.1 Å². The molecule has 0 saturated heterocycles. The minimum absolute atomic E-state index is 0. The summed E-state index contributed by atoms with van der Waals surface area (Å²) >= 11 is 0. The van der Waals surface area contributed by atoms with E-state index in [1.165, 1.54) is 54.0 Å². The molecule has 6 aromatic rings. The second kappa shape index (κ2) is 11.2. The third-order valence-corrected chi connectivity index (χ3v) is 7.45. The Hall–Kier alpha value is -1.33. The summed E-state index contributed by atoms with van der Waals surface area (Å²) < 4.78 is 0. The number of fused-ring (bicyclic) bond motifs is 6. The van der Waals surface area contributed by atoms with Crippen molar-refractivity contribution in [3.63, 3.8) is 0 Å². The van der Waals surface area contributed by atoms with Gasteiger partial charge in [0.15, 0.2) is 13.5 Å². The first-order chi connectivity index (χ1) is 16.6. The van der Waals surface area contributed by atoms with Gasteiger partial charge in [-0.2, -0.15) is 0 Å². The summed E-state index contributed by atoms with van der Waals surface area (Å²) in [7, 11) is 8.91. The van der Waals surface area contributed by atoms with E-state index in [0.717, 1.165) is 0 Å². The van der Waals surface area contributed by atoms with Gasteiger partial charge in [-0.1, -0.05) is 72.8 Å². The molecule has 6 rings (SSSR count). The van der Waals surface area contributed by atoms with Crippen molar-refractivity contribution in [2.75, 3.05) is 28.2 Å². The Balaban J connectivity index is 0.00000152. The maximum absolute atomic E-state index is 2.41. The summed E-state index contributed by atoms with van der Waals surface area (Å²) in [6, 6.07) is 35.6. The van der Waals surface area contributed by atoms with E-state index in [0.29, 0.717) is 0 Å². The molecule has 36 heavy (non-hydrogen) atoms. The van der Waals surface area contributed by atoms with Gasteiger partial charge < -0.3 is 9.62 Å². The third kappa shape index (κ3) is 4.36.